The van der Waals surface area contributed by atoms with Gasteiger partial charge in [0.2, 0.25) is 6.73 Å². The minimum atomic E-state index is -4.66. The van der Waals surface area contributed by atoms with E-state index in [-0.39, 0.29) is 11.5 Å². The van der Waals surface area contributed by atoms with E-state index in [4.69, 9.17) is 20.0 Å². The van der Waals surface area contributed by atoms with E-state index in [1.54, 1.807) is 36.5 Å². The molecule has 0 aliphatic carbocycles. The largest absolute Gasteiger partial charge is 0.472 e. The van der Waals surface area contributed by atoms with Gasteiger partial charge in [0, 0.05) is 18.7 Å². The summed E-state index contributed by atoms with van der Waals surface area (Å²) in [6.45, 7) is -0.448. The molecule has 176 valence electrons. The molecule has 0 atom stereocenters. The lowest BCUT2D eigenvalue weighted by Crippen LogP contribution is -2.38. The van der Waals surface area contributed by atoms with Gasteiger partial charge in [-0.05, 0) is 35.9 Å². The fraction of sp³-hybridized carbons (Fsp3) is 0.0952. The van der Waals surface area contributed by atoms with Crippen LogP contribution in [0.1, 0.15) is 11.3 Å². The number of pyridine rings is 2. The number of phosphoric acid groups is 1. The first-order chi connectivity index (χ1) is 16.2. The predicted octanol–water partition coefficient (Wildman–Crippen LogP) is 3.29. The number of halogens is 2. The van der Waals surface area contributed by atoms with Crippen LogP contribution in [0.25, 0.3) is 11.3 Å². The number of nitrogens with two attached hydrogens (primary N) is 1. The van der Waals surface area contributed by atoms with Crippen molar-refractivity contribution in [2.24, 2.45) is 0 Å². The van der Waals surface area contributed by atoms with Gasteiger partial charge in [0.25, 0.3) is 5.82 Å². The summed E-state index contributed by atoms with van der Waals surface area (Å²) >= 11 is 0. The van der Waals surface area contributed by atoms with Crippen molar-refractivity contribution < 1.29 is 36.7 Å². The number of hydrogen-bond donors (Lipinski definition) is 4. The molecule has 4 rings (SSSR count). The Kier molecular flexibility index (Phi) is 6.66. The van der Waals surface area contributed by atoms with Crippen LogP contribution < -0.4 is 15.6 Å². The SMILES string of the molecule is Nc1c(-c2cc(Cc3ccc(Nc4cccc(F)c4F)nc3)no2)ccc[n+]1COP(=O)(O)O. The second kappa shape index (κ2) is 9.65. The molecule has 0 fully saturated rings. The standard InChI is InChI=1S/C21H18F2N5O5P/c22-16-4-1-5-17(20(16)23)26-19-7-6-13(11-25-19)9-14-10-18(33-27-14)15-3-2-8-28(21(15)24)12-32-34(29,30)31/h1-8,10-11,24H,9,12H2,(H3,25,26,29,30,31)/p+1. The maximum absolute atomic E-state index is 13.8. The molecule has 1 aromatic carbocycles. The molecule has 0 spiro atoms. The molecule has 0 amide bonds. The Hall–Kier alpha value is -3.70. The van der Waals surface area contributed by atoms with Crippen LogP contribution in [0.3, 0.4) is 0 Å². The van der Waals surface area contributed by atoms with Crippen LogP contribution in [0, 0.1) is 11.6 Å². The Labute approximate surface area is 191 Å². The van der Waals surface area contributed by atoms with E-state index in [0.29, 0.717) is 29.3 Å². The summed E-state index contributed by atoms with van der Waals surface area (Å²) in [6.07, 6.45) is 3.44. The van der Waals surface area contributed by atoms with Gasteiger partial charge >= 0.3 is 7.82 Å². The summed E-state index contributed by atoms with van der Waals surface area (Å²) in [5.41, 5.74) is 7.89. The number of anilines is 3. The van der Waals surface area contributed by atoms with Crippen molar-refractivity contribution in [1.29, 1.82) is 0 Å². The van der Waals surface area contributed by atoms with E-state index < -0.39 is 26.2 Å². The summed E-state index contributed by atoms with van der Waals surface area (Å²) in [5.74, 6) is -1.08. The zero-order chi connectivity index (χ0) is 24.3. The molecule has 0 radical (unpaired) electrons. The Bertz CT molecular complexity index is 1360. The zero-order valence-corrected chi connectivity index (χ0v) is 18.3. The first kappa shape index (κ1) is 23.5. The zero-order valence-electron chi connectivity index (χ0n) is 17.4. The van der Waals surface area contributed by atoms with Crippen molar-refractivity contribution in [3.63, 3.8) is 0 Å². The van der Waals surface area contributed by atoms with Crippen molar-refractivity contribution in [3.05, 3.63) is 83.8 Å². The number of nitrogen functional groups attached to an aromatic ring is 1. The molecule has 0 saturated carbocycles. The Balaban J connectivity index is 1.45. The smallest absolute Gasteiger partial charge is 0.356 e. The predicted molar refractivity (Wildman–Crippen MR) is 116 cm³/mol. The van der Waals surface area contributed by atoms with Gasteiger partial charge in [-0.15, -0.1) is 0 Å². The third-order valence-electron chi connectivity index (χ3n) is 4.73. The maximum Gasteiger partial charge on any atom is 0.472 e. The molecule has 5 N–H and O–H groups in total. The van der Waals surface area contributed by atoms with Crippen LogP contribution in [-0.2, 0) is 22.2 Å². The fourth-order valence-corrected chi connectivity index (χ4v) is 3.37. The lowest BCUT2D eigenvalue weighted by atomic mass is 10.1. The molecule has 13 heteroatoms. The second-order valence-electron chi connectivity index (χ2n) is 7.16. The molecule has 0 aliphatic rings. The van der Waals surface area contributed by atoms with Crippen LogP contribution in [0.15, 0.2) is 65.4 Å². The molecular formula is C21H19F2N5O5P+. The molecule has 0 bridgehead atoms. The quantitative estimate of drug-likeness (QED) is 0.216. The average molecular weight is 490 g/mol. The highest BCUT2D eigenvalue weighted by molar-refractivity contribution is 7.46. The third-order valence-corrected chi connectivity index (χ3v) is 5.18. The van der Waals surface area contributed by atoms with E-state index in [0.717, 1.165) is 11.6 Å². The minimum Gasteiger partial charge on any atom is -0.356 e. The topological polar surface area (TPSA) is 148 Å². The summed E-state index contributed by atoms with van der Waals surface area (Å²) in [5, 5.41) is 6.75. The normalized spacial score (nSPS) is 11.5. The molecule has 3 heterocycles. The van der Waals surface area contributed by atoms with Gasteiger partial charge in [-0.25, -0.2) is 27.4 Å². The van der Waals surface area contributed by atoms with Gasteiger partial charge in [-0.2, -0.15) is 0 Å². The first-order valence-electron chi connectivity index (χ1n) is 9.79. The molecule has 34 heavy (non-hydrogen) atoms. The average Bonchev–Trinajstić information content (AvgIpc) is 3.25. The number of nitrogens with zero attached hydrogens (tertiary/aromatic N) is 3. The third kappa shape index (κ3) is 5.61. The number of aromatic nitrogens is 3. The van der Waals surface area contributed by atoms with Crippen molar-refractivity contribution >= 4 is 25.1 Å². The van der Waals surface area contributed by atoms with E-state index in [1.807, 2.05) is 0 Å². The number of hydrogen-bond acceptors (Lipinski definition) is 7. The van der Waals surface area contributed by atoms with Crippen LogP contribution in [0.2, 0.25) is 0 Å². The van der Waals surface area contributed by atoms with Crippen molar-refractivity contribution in [2.75, 3.05) is 11.1 Å². The lowest BCUT2D eigenvalue weighted by molar-refractivity contribution is -0.711. The molecule has 0 unspecified atom stereocenters. The lowest BCUT2D eigenvalue weighted by Gasteiger charge is -2.07. The number of phosphoric ester groups is 1. The van der Waals surface area contributed by atoms with E-state index >= 15 is 0 Å². The number of rotatable bonds is 8. The highest BCUT2D eigenvalue weighted by Crippen LogP contribution is 2.35. The van der Waals surface area contributed by atoms with Gasteiger partial charge in [0.15, 0.2) is 17.4 Å². The summed E-state index contributed by atoms with van der Waals surface area (Å²) in [7, 11) is -4.66. The van der Waals surface area contributed by atoms with Gasteiger partial charge in [0.05, 0.1) is 17.6 Å². The summed E-state index contributed by atoms with van der Waals surface area (Å²) in [6, 6.07) is 12.2. The van der Waals surface area contributed by atoms with Gasteiger partial charge in [0.1, 0.15) is 11.4 Å². The highest BCUT2D eigenvalue weighted by Gasteiger charge is 2.20. The maximum atomic E-state index is 13.8. The van der Waals surface area contributed by atoms with Crippen LogP contribution in [-0.4, -0.2) is 19.9 Å². The molecule has 3 aromatic heterocycles. The van der Waals surface area contributed by atoms with Crippen molar-refractivity contribution in [1.82, 2.24) is 10.1 Å². The van der Waals surface area contributed by atoms with Gasteiger partial charge in [-0.1, -0.05) is 17.3 Å². The highest BCUT2D eigenvalue weighted by atomic mass is 31.2. The molecular weight excluding hydrogens is 471 g/mol. The first-order valence-corrected chi connectivity index (χ1v) is 11.3. The summed E-state index contributed by atoms with van der Waals surface area (Å²) in [4.78, 5) is 22.0. The Morgan fingerprint density at radius 3 is 2.74 bits per heavy atom. The van der Waals surface area contributed by atoms with E-state index in [1.165, 1.54) is 22.9 Å². The monoisotopic (exact) mass is 490 g/mol. The van der Waals surface area contributed by atoms with Crippen molar-refractivity contribution in [3.8, 4) is 11.3 Å². The summed E-state index contributed by atoms with van der Waals surface area (Å²) < 4.78 is 49.3. The molecule has 4 aromatic rings. The fourth-order valence-electron chi connectivity index (χ4n) is 3.09. The van der Waals surface area contributed by atoms with Gasteiger partial charge < -0.3 is 19.6 Å². The number of nitrogens with one attached hydrogen (secondary N) is 1. The second-order valence-corrected chi connectivity index (χ2v) is 8.40. The Morgan fingerprint density at radius 1 is 1.18 bits per heavy atom. The van der Waals surface area contributed by atoms with Crippen molar-refractivity contribution in [2.45, 2.75) is 13.2 Å². The molecule has 0 aliphatic heterocycles. The van der Waals surface area contributed by atoms with Crippen LogP contribution in [0.4, 0.5) is 26.1 Å². The van der Waals surface area contributed by atoms with Crippen LogP contribution >= 0.6 is 7.82 Å². The van der Waals surface area contributed by atoms with E-state index in [2.05, 4.69) is 20.0 Å². The van der Waals surface area contributed by atoms with E-state index in [9.17, 15) is 13.3 Å². The Morgan fingerprint density at radius 2 is 2.00 bits per heavy atom. The van der Waals surface area contributed by atoms with Crippen LogP contribution in [0.5, 0.6) is 0 Å². The molecule has 10 nitrogen and oxygen atoms in total. The number of benzene rings is 1. The van der Waals surface area contributed by atoms with Gasteiger partial charge in [-0.3, -0.25) is 5.73 Å². The molecule has 0 saturated heterocycles. The minimum absolute atomic E-state index is 0.0229.